The number of nitrogens with zero attached hydrogens (tertiary/aromatic N) is 1. The van der Waals surface area contributed by atoms with Gasteiger partial charge in [0.05, 0.1) is 0 Å². The van der Waals surface area contributed by atoms with Crippen molar-refractivity contribution in [3.63, 3.8) is 0 Å². The van der Waals surface area contributed by atoms with Crippen LogP contribution in [0.5, 0.6) is 0 Å². The van der Waals surface area contributed by atoms with Crippen molar-refractivity contribution in [1.82, 2.24) is 4.90 Å². The maximum absolute atomic E-state index is 13.0. The maximum Gasteiger partial charge on any atom is 0.226 e. The largest absolute Gasteiger partial charge is 0.340 e. The second-order valence-corrected chi connectivity index (χ2v) is 9.57. The van der Waals surface area contributed by atoms with Crippen LogP contribution in [0.15, 0.2) is 0 Å². The molecule has 2 rings (SSSR count). The van der Waals surface area contributed by atoms with Gasteiger partial charge in [-0.2, -0.15) is 11.8 Å². The molecule has 1 saturated carbocycles. The predicted octanol–water partition coefficient (Wildman–Crippen LogP) is 2.74. The first kappa shape index (κ1) is 16.2. The van der Waals surface area contributed by atoms with Crippen molar-refractivity contribution in [3.05, 3.63) is 0 Å². The Morgan fingerprint density at radius 3 is 2.50 bits per heavy atom. The Morgan fingerprint density at radius 2 is 1.90 bits per heavy atom. The summed E-state index contributed by atoms with van der Waals surface area (Å²) in [6.45, 7) is 12.9. The van der Waals surface area contributed by atoms with Gasteiger partial charge in [0.1, 0.15) is 0 Å². The van der Waals surface area contributed by atoms with Crippen LogP contribution < -0.4 is 5.73 Å². The van der Waals surface area contributed by atoms with E-state index in [-0.39, 0.29) is 22.1 Å². The molecule has 0 radical (unpaired) electrons. The van der Waals surface area contributed by atoms with Crippen LogP contribution >= 0.6 is 11.8 Å². The molecule has 0 aromatic heterocycles. The Labute approximate surface area is 128 Å². The lowest BCUT2D eigenvalue weighted by Gasteiger charge is -2.48. The van der Waals surface area contributed by atoms with Gasteiger partial charge in [0.15, 0.2) is 0 Å². The molecular formula is C16H30N2OS. The minimum absolute atomic E-state index is 0.00346. The van der Waals surface area contributed by atoms with E-state index in [2.05, 4.69) is 39.5 Å². The van der Waals surface area contributed by atoms with E-state index >= 15 is 0 Å². The highest BCUT2D eigenvalue weighted by molar-refractivity contribution is 8.00. The Kier molecular flexibility index (Phi) is 4.46. The molecule has 20 heavy (non-hydrogen) atoms. The highest BCUT2D eigenvalue weighted by Gasteiger charge is 2.47. The number of hydrogen-bond acceptors (Lipinski definition) is 3. The molecule has 2 aliphatic rings. The molecule has 3 atom stereocenters. The average molecular weight is 298 g/mol. The van der Waals surface area contributed by atoms with Crippen molar-refractivity contribution in [2.24, 2.45) is 23.0 Å². The standard InChI is InChI=1S/C16H30N2OS/c1-11-13(17)7-6-12(16(11,4)5)14(19)18-8-9-20-15(2,3)10-18/h11-13H,6-10,17H2,1-5H3. The minimum Gasteiger partial charge on any atom is -0.340 e. The molecule has 116 valence electrons. The Balaban J connectivity index is 2.12. The molecule has 3 unspecified atom stereocenters. The van der Waals surface area contributed by atoms with Crippen molar-refractivity contribution in [3.8, 4) is 0 Å². The fourth-order valence-electron chi connectivity index (χ4n) is 3.72. The van der Waals surface area contributed by atoms with E-state index in [1.54, 1.807) is 0 Å². The first-order valence-corrected chi connectivity index (χ1v) is 8.82. The molecular weight excluding hydrogens is 268 g/mol. The number of hydrogen-bond donors (Lipinski definition) is 1. The molecule has 1 heterocycles. The van der Waals surface area contributed by atoms with Crippen LogP contribution in [-0.2, 0) is 4.79 Å². The fraction of sp³-hybridized carbons (Fsp3) is 0.938. The van der Waals surface area contributed by atoms with E-state index in [1.807, 2.05) is 11.8 Å². The second kappa shape index (κ2) is 5.53. The molecule has 1 aliphatic heterocycles. The van der Waals surface area contributed by atoms with Gasteiger partial charge in [0.25, 0.3) is 0 Å². The van der Waals surface area contributed by atoms with Crippen LogP contribution in [0.3, 0.4) is 0 Å². The smallest absolute Gasteiger partial charge is 0.226 e. The third-order valence-corrected chi connectivity index (χ3v) is 6.84. The Hall–Kier alpha value is -0.220. The molecule has 1 amide bonds. The monoisotopic (exact) mass is 298 g/mol. The third-order valence-electron chi connectivity index (χ3n) is 5.54. The predicted molar refractivity (Wildman–Crippen MR) is 86.8 cm³/mol. The van der Waals surface area contributed by atoms with Crippen molar-refractivity contribution < 1.29 is 4.79 Å². The Bertz CT molecular complexity index is 381. The van der Waals surface area contributed by atoms with Gasteiger partial charge >= 0.3 is 0 Å². The summed E-state index contributed by atoms with van der Waals surface area (Å²) < 4.78 is 0.189. The molecule has 1 aliphatic carbocycles. The van der Waals surface area contributed by atoms with Gasteiger partial charge in [-0.05, 0) is 38.0 Å². The normalized spacial score (nSPS) is 36.7. The second-order valence-electron chi connectivity index (χ2n) is 7.77. The van der Waals surface area contributed by atoms with Gasteiger partial charge in [-0.1, -0.05) is 20.8 Å². The number of carbonyl (C=O) groups excluding carboxylic acids is 1. The van der Waals surface area contributed by atoms with Crippen LogP contribution in [-0.4, -0.2) is 40.4 Å². The Morgan fingerprint density at radius 1 is 1.25 bits per heavy atom. The number of amides is 1. The van der Waals surface area contributed by atoms with Gasteiger partial charge in [0, 0.05) is 35.5 Å². The summed E-state index contributed by atoms with van der Waals surface area (Å²) >= 11 is 1.98. The minimum atomic E-state index is 0.00346. The summed E-state index contributed by atoms with van der Waals surface area (Å²) in [6, 6.07) is 0.238. The van der Waals surface area contributed by atoms with E-state index in [0.29, 0.717) is 11.8 Å². The number of rotatable bonds is 1. The molecule has 0 aromatic carbocycles. The van der Waals surface area contributed by atoms with Crippen LogP contribution in [0.2, 0.25) is 0 Å². The first-order chi connectivity index (χ1) is 9.15. The molecule has 2 N–H and O–H groups in total. The topological polar surface area (TPSA) is 46.3 Å². The number of thioether (sulfide) groups is 1. The van der Waals surface area contributed by atoms with Crippen LogP contribution in [0, 0.1) is 17.3 Å². The molecule has 0 spiro atoms. The van der Waals surface area contributed by atoms with E-state index in [0.717, 1.165) is 31.7 Å². The lowest BCUT2D eigenvalue weighted by atomic mass is 9.60. The summed E-state index contributed by atoms with van der Waals surface area (Å²) in [7, 11) is 0. The van der Waals surface area contributed by atoms with Crippen LogP contribution in [0.4, 0.5) is 0 Å². The SMILES string of the molecule is CC1C(N)CCC(C(=O)N2CCSC(C)(C)C2)C1(C)C. The summed E-state index contributed by atoms with van der Waals surface area (Å²) in [5.74, 6) is 1.96. The zero-order valence-electron chi connectivity index (χ0n) is 13.6. The van der Waals surface area contributed by atoms with Gasteiger partial charge in [-0.3, -0.25) is 4.79 Å². The molecule has 0 aromatic rings. The molecule has 2 fully saturated rings. The highest BCUT2D eigenvalue weighted by atomic mass is 32.2. The first-order valence-electron chi connectivity index (χ1n) is 7.83. The van der Waals surface area contributed by atoms with E-state index in [1.165, 1.54) is 0 Å². The number of nitrogens with two attached hydrogens (primary N) is 1. The lowest BCUT2D eigenvalue weighted by molar-refractivity contribution is -0.143. The number of carbonyl (C=O) groups is 1. The molecule has 3 nitrogen and oxygen atoms in total. The van der Waals surface area contributed by atoms with Gasteiger partial charge < -0.3 is 10.6 Å². The summed E-state index contributed by atoms with van der Waals surface area (Å²) in [6.07, 6.45) is 1.92. The van der Waals surface area contributed by atoms with Gasteiger partial charge in [0.2, 0.25) is 5.91 Å². The van der Waals surface area contributed by atoms with E-state index < -0.39 is 0 Å². The van der Waals surface area contributed by atoms with Gasteiger partial charge in [-0.15, -0.1) is 0 Å². The van der Waals surface area contributed by atoms with Crippen molar-refractivity contribution >= 4 is 17.7 Å². The maximum atomic E-state index is 13.0. The average Bonchev–Trinajstić information content (AvgIpc) is 2.34. The van der Waals surface area contributed by atoms with Crippen LogP contribution in [0.25, 0.3) is 0 Å². The fourth-order valence-corrected chi connectivity index (χ4v) is 4.83. The molecule has 1 saturated heterocycles. The van der Waals surface area contributed by atoms with Gasteiger partial charge in [-0.25, -0.2) is 0 Å². The van der Waals surface area contributed by atoms with Crippen molar-refractivity contribution in [1.29, 1.82) is 0 Å². The van der Waals surface area contributed by atoms with E-state index in [9.17, 15) is 4.79 Å². The zero-order chi connectivity index (χ0) is 15.1. The summed E-state index contributed by atoms with van der Waals surface area (Å²) in [5.41, 5.74) is 6.21. The highest BCUT2D eigenvalue weighted by Crippen LogP contribution is 2.45. The van der Waals surface area contributed by atoms with Crippen molar-refractivity contribution in [2.75, 3.05) is 18.8 Å². The molecule has 4 heteroatoms. The summed E-state index contributed by atoms with van der Waals surface area (Å²) in [4.78, 5) is 15.1. The zero-order valence-corrected chi connectivity index (χ0v) is 14.4. The summed E-state index contributed by atoms with van der Waals surface area (Å²) in [5, 5.41) is 0. The molecule has 0 bridgehead atoms. The van der Waals surface area contributed by atoms with Crippen LogP contribution in [0.1, 0.15) is 47.5 Å². The quantitative estimate of drug-likeness (QED) is 0.809. The van der Waals surface area contributed by atoms with Crippen molar-refractivity contribution in [2.45, 2.75) is 58.2 Å². The lowest BCUT2D eigenvalue weighted by Crippen LogP contribution is -2.55. The van der Waals surface area contributed by atoms with E-state index in [4.69, 9.17) is 5.73 Å². The third kappa shape index (κ3) is 3.01.